The number of nitrogens with one attached hydrogen (secondary N) is 1. The van der Waals surface area contributed by atoms with Gasteiger partial charge in [0.2, 0.25) is 0 Å². The molecule has 3 aliphatic rings. The first-order valence-electron chi connectivity index (χ1n) is 9.23. The lowest BCUT2D eigenvalue weighted by molar-refractivity contribution is 0.0686. The van der Waals surface area contributed by atoms with Gasteiger partial charge in [-0.2, -0.15) is 22.1 Å². The Kier molecular flexibility index (Phi) is 4.76. The molecule has 4 rings (SSSR count). The van der Waals surface area contributed by atoms with Crippen LogP contribution in [0.2, 0.25) is 0 Å². The second-order valence-electron chi connectivity index (χ2n) is 7.38. The van der Waals surface area contributed by atoms with Gasteiger partial charge in [-0.05, 0) is 26.0 Å². The summed E-state index contributed by atoms with van der Waals surface area (Å²) < 4.78 is 28.6. The summed E-state index contributed by atoms with van der Waals surface area (Å²) in [6.07, 6.45) is 2.30. The van der Waals surface area contributed by atoms with Crippen LogP contribution in [0.25, 0.3) is 0 Å². The second-order valence-corrected chi connectivity index (χ2v) is 9.31. The van der Waals surface area contributed by atoms with Gasteiger partial charge in [-0.3, -0.25) is 9.89 Å². The van der Waals surface area contributed by atoms with Gasteiger partial charge >= 0.3 is 0 Å². The molecule has 9 nitrogen and oxygen atoms in total. The third-order valence-electron chi connectivity index (χ3n) is 5.47. The number of amides is 1. The van der Waals surface area contributed by atoms with Crippen molar-refractivity contribution in [3.8, 4) is 0 Å². The number of rotatable bonds is 4. The Balaban J connectivity index is 1.35. The summed E-state index contributed by atoms with van der Waals surface area (Å²) in [6.45, 7) is 4.01. The van der Waals surface area contributed by atoms with Crippen molar-refractivity contribution in [2.45, 2.75) is 18.8 Å². The zero-order valence-electron chi connectivity index (χ0n) is 15.1. The molecule has 3 fully saturated rings. The van der Waals surface area contributed by atoms with E-state index in [1.165, 1.54) is 4.31 Å². The largest absolute Gasteiger partial charge is 0.335 e. The van der Waals surface area contributed by atoms with E-state index in [-0.39, 0.29) is 5.91 Å². The lowest BCUT2D eigenvalue weighted by atomic mass is 10.2. The quantitative estimate of drug-likeness (QED) is 0.761. The molecular weight excluding hydrogens is 356 g/mol. The van der Waals surface area contributed by atoms with E-state index in [4.69, 9.17) is 0 Å². The molecule has 3 heterocycles. The van der Waals surface area contributed by atoms with Gasteiger partial charge in [0.05, 0.1) is 0 Å². The summed E-state index contributed by atoms with van der Waals surface area (Å²) >= 11 is 0. The molecule has 0 spiro atoms. The van der Waals surface area contributed by atoms with E-state index in [0.717, 1.165) is 31.6 Å². The Hall–Kier alpha value is -1.49. The minimum atomic E-state index is -3.44. The number of carbonyl (C=O) groups excluding carboxylic acids is 1. The standard InChI is InChI=1S/C16H26N6O3S/c1-19-4-8-21(9-5-19)26(24,25)22-10-6-20(7-11-22)16(23)15-12-14(17-18-15)13-2-3-13/h12-13H,2-11H2,1H3,(H,17,18). The van der Waals surface area contributed by atoms with Crippen molar-refractivity contribution in [3.05, 3.63) is 17.5 Å². The maximum absolute atomic E-state index is 12.8. The Morgan fingerprint density at radius 3 is 2.19 bits per heavy atom. The number of aromatic amines is 1. The summed E-state index contributed by atoms with van der Waals surface area (Å²) in [6, 6.07) is 1.84. The summed E-state index contributed by atoms with van der Waals surface area (Å²) in [5.74, 6) is 0.402. The molecule has 0 bridgehead atoms. The zero-order valence-corrected chi connectivity index (χ0v) is 15.9. The molecule has 1 N–H and O–H groups in total. The number of likely N-dealkylation sites (N-methyl/N-ethyl adjacent to an activating group) is 1. The van der Waals surface area contributed by atoms with Crippen molar-refractivity contribution in [3.63, 3.8) is 0 Å². The van der Waals surface area contributed by atoms with E-state index in [9.17, 15) is 13.2 Å². The molecule has 1 aliphatic carbocycles. The fraction of sp³-hybridized carbons (Fsp3) is 0.750. The van der Waals surface area contributed by atoms with E-state index < -0.39 is 10.2 Å². The average Bonchev–Trinajstić information content (AvgIpc) is 3.38. The molecule has 10 heteroatoms. The van der Waals surface area contributed by atoms with Gasteiger partial charge in [0.25, 0.3) is 16.1 Å². The van der Waals surface area contributed by atoms with Crippen molar-refractivity contribution >= 4 is 16.1 Å². The van der Waals surface area contributed by atoms with Gasteiger partial charge < -0.3 is 9.80 Å². The first-order chi connectivity index (χ1) is 12.4. The number of aromatic nitrogens is 2. The highest BCUT2D eigenvalue weighted by atomic mass is 32.2. The molecule has 1 amide bonds. The van der Waals surface area contributed by atoms with E-state index in [0.29, 0.717) is 50.9 Å². The number of hydrogen-bond acceptors (Lipinski definition) is 5. The Morgan fingerprint density at radius 2 is 1.62 bits per heavy atom. The Morgan fingerprint density at radius 1 is 1.04 bits per heavy atom. The van der Waals surface area contributed by atoms with Crippen LogP contribution in [-0.4, -0.2) is 102 Å². The van der Waals surface area contributed by atoms with Crippen LogP contribution >= 0.6 is 0 Å². The van der Waals surface area contributed by atoms with E-state index in [1.54, 1.807) is 9.21 Å². The molecule has 1 aromatic rings. The third kappa shape index (κ3) is 3.51. The maximum Gasteiger partial charge on any atom is 0.282 e. The number of H-pyrrole nitrogens is 1. The monoisotopic (exact) mass is 382 g/mol. The number of hydrogen-bond donors (Lipinski definition) is 1. The molecule has 0 atom stereocenters. The predicted octanol–water partition coefficient (Wildman–Crippen LogP) is -0.463. The fourth-order valence-electron chi connectivity index (χ4n) is 3.52. The highest BCUT2D eigenvalue weighted by molar-refractivity contribution is 7.86. The second kappa shape index (κ2) is 6.91. The predicted molar refractivity (Wildman–Crippen MR) is 96.0 cm³/mol. The van der Waals surface area contributed by atoms with Crippen LogP contribution in [0.5, 0.6) is 0 Å². The summed E-state index contributed by atoms with van der Waals surface area (Å²) in [5, 5.41) is 7.09. The van der Waals surface area contributed by atoms with Gasteiger partial charge in [-0.25, -0.2) is 0 Å². The van der Waals surface area contributed by atoms with Crippen LogP contribution in [0.15, 0.2) is 6.07 Å². The molecule has 1 saturated carbocycles. The smallest absolute Gasteiger partial charge is 0.282 e. The summed E-state index contributed by atoms with van der Waals surface area (Å²) in [5.41, 5.74) is 1.46. The first-order valence-corrected chi connectivity index (χ1v) is 10.6. The SMILES string of the molecule is CN1CCN(S(=O)(=O)N2CCN(C(=O)c3cc(C4CC4)[nH]n3)CC2)CC1. The first kappa shape index (κ1) is 17.9. The molecule has 144 valence electrons. The van der Waals surface area contributed by atoms with Gasteiger partial charge in [-0.15, -0.1) is 0 Å². The minimum absolute atomic E-state index is 0.121. The van der Waals surface area contributed by atoms with Crippen molar-refractivity contribution in [2.75, 3.05) is 59.4 Å². The van der Waals surface area contributed by atoms with Gasteiger partial charge in [0.15, 0.2) is 0 Å². The van der Waals surface area contributed by atoms with E-state index >= 15 is 0 Å². The number of carbonyl (C=O) groups is 1. The van der Waals surface area contributed by atoms with E-state index in [1.807, 2.05) is 13.1 Å². The van der Waals surface area contributed by atoms with Gasteiger partial charge in [0, 0.05) is 64.0 Å². The van der Waals surface area contributed by atoms with Crippen LogP contribution in [0, 0.1) is 0 Å². The molecule has 2 saturated heterocycles. The Labute approximate surface area is 154 Å². The number of piperazine rings is 2. The van der Waals surface area contributed by atoms with Gasteiger partial charge in [0.1, 0.15) is 5.69 Å². The lowest BCUT2D eigenvalue weighted by Gasteiger charge is -2.38. The van der Waals surface area contributed by atoms with Gasteiger partial charge in [-0.1, -0.05) is 0 Å². The van der Waals surface area contributed by atoms with Crippen molar-refractivity contribution in [1.29, 1.82) is 0 Å². The lowest BCUT2D eigenvalue weighted by Crippen LogP contribution is -2.57. The molecule has 0 unspecified atom stereocenters. The summed E-state index contributed by atoms with van der Waals surface area (Å²) in [4.78, 5) is 16.4. The van der Waals surface area contributed by atoms with Crippen LogP contribution in [-0.2, 0) is 10.2 Å². The van der Waals surface area contributed by atoms with Crippen molar-refractivity contribution in [1.82, 2.24) is 28.6 Å². The summed E-state index contributed by atoms with van der Waals surface area (Å²) in [7, 11) is -1.44. The van der Waals surface area contributed by atoms with Crippen LogP contribution < -0.4 is 0 Å². The third-order valence-corrected chi connectivity index (χ3v) is 7.51. The maximum atomic E-state index is 12.8. The van der Waals surface area contributed by atoms with Crippen LogP contribution in [0.3, 0.4) is 0 Å². The highest BCUT2D eigenvalue weighted by Gasteiger charge is 2.35. The van der Waals surface area contributed by atoms with E-state index in [2.05, 4.69) is 15.1 Å². The topological polar surface area (TPSA) is 92.9 Å². The van der Waals surface area contributed by atoms with Crippen molar-refractivity contribution < 1.29 is 13.2 Å². The number of nitrogens with zero attached hydrogens (tertiary/aromatic N) is 5. The highest BCUT2D eigenvalue weighted by Crippen LogP contribution is 2.39. The normalized spacial score (nSPS) is 24.1. The van der Waals surface area contributed by atoms with Crippen LogP contribution in [0.1, 0.15) is 34.9 Å². The fourth-order valence-corrected chi connectivity index (χ4v) is 5.09. The zero-order chi connectivity index (χ0) is 18.3. The molecule has 0 radical (unpaired) electrons. The molecule has 0 aromatic carbocycles. The Bertz CT molecular complexity index is 759. The molecule has 2 aliphatic heterocycles. The van der Waals surface area contributed by atoms with Crippen molar-refractivity contribution in [2.24, 2.45) is 0 Å². The molecule has 26 heavy (non-hydrogen) atoms. The molecular formula is C16H26N6O3S. The minimum Gasteiger partial charge on any atom is -0.335 e. The molecule has 1 aromatic heterocycles. The van der Waals surface area contributed by atoms with Crippen LogP contribution in [0.4, 0.5) is 0 Å². The average molecular weight is 382 g/mol.